The molecule has 2 N–H and O–H groups in total. The molecule has 388 valence electrons. The van der Waals surface area contributed by atoms with Gasteiger partial charge in [-0.1, -0.05) is 143 Å². The minimum Gasteiger partial charge on any atom is -0.473 e. The van der Waals surface area contributed by atoms with E-state index in [0.717, 1.165) is 107 Å². The second-order valence-corrected chi connectivity index (χ2v) is 20.6. The highest BCUT2D eigenvalue weighted by atomic mass is 16.5. The first-order valence-corrected chi connectivity index (χ1v) is 27.2. The van der Waals surface area contributed by atoms with Crippen LogP contribution in [0.25, 0.3) is 22.5 Å². The van der Waals surface area contributed by atoms with Gasteiger partial charge in [-0.25, -0.2) is 19.6 Å². The average Bonchev–Trinajstić information content (AvgIpc) is 3.97. The Morgan fingerprint density at radius 1 is 0.521 bits per heavy atom. The Morgan fingerprint density at radius 2 is 0.904 bits per heavy atom. The van der Waals surface area contributed by atoms with Crippen molar-refractivity contribution in [3.05, 3.63) is 154 Å². The zero-order valence-electron chi connectivity index (χ0n) is 43.8. The number of nitrogens with zero attached hydrogens (tertiary/aromatic N) is 6. The van der Waals surface area contributed by atoms with E-state index in [1.54, 1.807) is 0 Å². The lowest BCUT2D eigenvalue weighted by molar-refractivity contribution is -0.159. The molecule has 4 aromatic carbocycles. The summed E-state index contributed by atoms with van der Waals surface area (Å²) in [4.78, 5) is 33.3. The summed E-state index contributed by atoms with van der Waals surface area (Å²) in [6.45, 7) is 10.8. The number of likely N-dealkylation sites (tertiary alicyclic amines) is 2. The molecule has 0 spiro atoms. The topological polar surface area (TPSA) is 135 Å². The number of imidazole rings is 2. The summed E-state index contributed by atoms with van der Waals surface area (Å²) in [5.41, 5.74) is 12.7. The first-order chi connectivity index (χ1) is 35.6. The molecule has 4 aliphatic rings. The van der Waals surface area contributed by atoms with Gasteiger partial charge in [-0.05, 0) is 112 Å². The maximum absolute atomic E-state index is 9.10. The van der Waals surface area contributed by atoms with E-state index in [1.165, 1.54) is 95.9 Å². The van der Waals surface area contributed by atoms with Crippen LogP contribution in [0.4, 0.5) is 0 Å². The number of piperidine rings is 2. The van der Waals surface area contributed by atoms with Crippen molar-refractivity contribution in [1.82, 2.24) is 28.9 Å². The minimum atomic E-state index is -1.82. The molecule has 0 amide bonds. The molecule has 10 rings (SSSR count). The molecule has 2 atom stereocenters. The highest BCUT2D eigenvalue weighted by molar-refractivity contribution is 6.27. The normalized spacial score (nSPS) is 18.1. The van der Waals surface area contributed by atoms with Crippen LogP contribution in [0.5, 0.6) is 0 Å². The maximum Gasteiger partial charge on any atom is 0.414 e. The standard InChI is InChI=1S/C30H39N3O.C29H37N3O.C2H2O4/c1-3-4-5-6-9-23-12-14-25(15-13-23)28-22-33-21-16-24-10-7-8-11-27(24)29(30(33)31-28)34-26-17-19-32(2)20-18-26;1-3-4-5-8-22-11-13-24(14-12-22)27-21-32-20-15-23-9-6-7-10-26(23)28(29(32)30-27)33-25-16-18-31(2)19-17-25;3-1(4)2(5)6/h7-8,10-15,22,26,29H,3-6,9,16-21H2,1-2H3;6-7,9-14,21,25,28H,3-5,8,15-20H2,1-2H3;(H,3,4)(H,5,6). The predicted octanol–water partition coefficient (Wildman–Crippen LogP) is 11.6. The van der Waals surface area contributed by atoms with Gasteiger partial charge in [0, 0.05) is 62.8 Å². The summed E-state index contributed by atoms with van der Waals surface area (Å²) in [7, 11) is 4.40. The van der Waals surface area contributed by atoms with Crippen LogP contribution in [0.15, 0.2) is 109 Å². The summed E-state index contributed by atoms with van der Waals surface area (Å²) in [5.74, 6) is -1.53. The fourth-order valence-electron chi connectivity index (χ4n) is 10.6. The number of ether oxygens (including phenoxy) is 2. The van der Waals surface area contributed by atoms with E-state index in [-0.39, 0.29) is 24.4 Å². The third-order valence-corrected chi connectivity index (χ3v) is 15.1. The summed E-state index contributed by atoms with van der Waals surface area (Å²) in [5, 5.41) is 14.8. The summed E-state index contributed by atoms with van der Waals surface area (Å²) in [6, 6.07) is 35.7. The Kier molecular flexibility index (Phi) is 19.3. The molecule has 0 saturated carbocycles. The third kappa shape index (κ3) is 14.4. The molecule has 12 heteroatoms. The van der Waals surface area contributed by atoms with E-state index in [9.17, 15) is 0 Å². The van der Waals surface area contributed by atoms with Gasteiger partial charge in [-0.15, -0.1) is 0 Å². The number of unbranched alkanes of at least 4 members (excludes halogenated alkanes) is 5. The van der Waals surface area contributed by atoms with E-state index >= 15 is 0 Å². The van der Waals surface area contributed by atoms with E-state index in [4.69, 9.17) is 39.2 Å². The Balaban J connectivity index is 0.000000175. The molecular weight excluding hydrogens is 913 g/mol. The smallest absolute Gasteiger partial charge is 0.414 e. The van der Waals surface area contributed by atoms with Gasteiger partial charge in [0.2, 0.25) is 0 Å². The molecule has 2 unspecified atom stereocenters. The molecule has 2 saturated heterocycles. The van der Waals surface area contributed by atoms with E-state index in [0.29, 0.717) is 0 Å². The number of hydrogen-bond acceptors (Lipinski definition) is 8. The lowest BCUT2D eigenvalue weighted by atomic mass is 9.99. The fraction of sp³-hybridized carbons (Fsp3) is 0.475. The van der Waals surface area contributed by atoms with E-state index in [2.05, 4.69) is 156 Å². The average molecular weight is 991 g/mol. The van der Waals surface area contributed by atoms with Crippen LogP contribution in [0.1, 0.15) is 142 Å². The number of carbonyl (C=O) groups is 2. The highest BCUT2D eigenvalue weighted by Crippen LogP contribution is 2.38. The maximum atomic E-state index is 9.10. The number of benzene rings is 4. The van der Waals surface area contributed by atoms with Gasteiger partial charge in [-0.2, -0.15) is 0 Å². The number of aryl methyl sites for hydroxylation is 6. The highest BCUT2D eigenvalue weighted by Gasteiger charge is 2.32. The monoisotopic (exact) mass is 991 g/mol. The second-order valence-electron chi connectivity index (χ2n) is 20.6. The Bertz CT molecular complexity index is 2670. The number of aliphatic carboxylic acids is 2. The van der Waals surface area contributed by atoms with Crippen molar-refractivity contribution in [3.63, 3.8) is 0 Å². The third-order valence-electron chi connectivity index (χ3n) is 15.1. The lowest BCUT2D eigenvalue weighted by Gasteiger charge is -2.32. The molecule has 0 aliphatic carbocycles. The van der Waals surface area contributed by atoms with Crippen LogP contribution >= 0.6 is 0 Å². The summed E-state index contributed by atoms with van der Waals surface area (Å²) >= 11 is 0. The molecule has 4 aliphatic heterocycles. The fourth-order valence-corrected chi connectivity index (χ4v) is 10.6. The van der Waals surface area contributed by atoms with Crippen LogP contribution in [-0.4, -0.2) is 104 Å². The Morgan fingerprint density at radius 3 is 1.30 bits per heavy atom. The van der Waals surface area contributed by atoms with Crippen LogP contribution < -0.4 is 0 Å². The van der Waals surface area contributed by atoms with E-state index in [1.807, 2.05) is 0 Å². The first kappa shape index (κ1) is 53.4. The van der Waals surface area contributed by atoms with Crippen molar-refractivity contribution in [3.8, 4) is 22.5 Å². The van der Waals surface area contributed by atoms with Crippen LogP contribution in [0.2, 0.25) is 0 Å². The van der Waals surface area contributed by atoms with E-state index < -0.39 is 11.9 Å². The van der Waals surface area contributed by atoms with Crippen molar-refractivity contribution in [2.75, 3.05) is 40.3 Å². The van der Waals surface area contributed by atoms with Crippen molar-refractivity contribution in [1.29, 1.82) is 0 Å². The van der Waals surface area contributed by atoms with Crippen molar-refractivity contribution < 1.29 is 29.3 Å². The van der Waals surface area contributed by atoms with Gasteiger partial charge in [0.05, 0.1) is 23.6 Å². The molecule has 2 fully saturated rings. The number of rotatable bonds is 15. The number of carboxylic acid groups (broad SMARTS) is 2. The van der Waals surface area contributed by atoms with Crippen molar-refractivity contribution >= 4 is 11.9 Å². The van der Waals surface area contributed by atoms with Crippen LogP contribution in [0.3, 0.4) is 0 Å². The second kappa shape index (κ2) is 26.3. The zero-order valence-corrected chi connectivity index (χ0v) is 43.8. The molecule has 73 heavy (non-hydrogen) atoms. The van der Waals surface area contributed by atoms with Gasteiger partial charge in [0.1, 0.15) is 23.9 Å². The van der Waals surface area contributed by atoms with Gasteiger partial charge < -0.3 is 38.6 Å². The molecule has 0 bridgehead atoms. The SMILES string of the molecule is CCCCCCc1ccc(-c2cn3c(n2)C(OC2CCN(C)CC2)c2ccccc2CC3)cc1.CCCCCc1ccc(-c2cn3c(n2)C(OC2CCN(C)CC2)c2ccccc2CC3)cc1.O=C(O)C(=O)O. The minimum absolute atomic E-state index is 0.0980. The van der Waals surface area contributed by atoms with Gasteiger partial charge in [0.15, 0.2) is 0 Å². The van der Waals surface area contributed by atoms with Crippen molar-refractivity contribution in [2.45, 2.75) is 148 Å². The predicted molar refractivity (Wildman–Crippen MR) is 289 cm³/mol. The molecule has 0 radical (unpaired) electrons. The van der Waals surface area contributed by atoms with Crippen LogP contribution in [0, 0.1) is 0 Å². The van der Waals surface area contributed by atoms with Crippen LogP contribution in [-0.2, 0) is 57.8 Å². The first-order valence-electron chi connectivity index (χ1n) is 27.2. The quantitative estimate of drug-likeness (QED) is 0.0756. The zero-order chi connectivity index (χ0) is 51.1. The van der Waals surface area contributed by atoms with Crippen molar-refractivity contribution in [2.24, 2.45) is 0 Å². The largest absolute Gasteiger partial charge is 0.473 e. The number of aromatic nitrogens is 4. The molecule has 12 nitrogen and oxygen atoms in total. The summed E-state index contributed by atoms with van der Waals surface area (Å²) < 4.78 is 18.3. The molecule has 6 aromatic rings. The van der Waals surface area contributed by atoms with Gasteiger partial charge in [0.25, 0.3) is 0 Å². The number of fused-ring (bicyclic) bond motifs is 4. The van der Waals surface area contributed by atoms with Gasteiger partial charge in [-0.3, -0.25) is 0 Å². The molecule has 6 heterocycles. The molecular formula is C61H78N6O6. The number of carboxylic acids is 2. The lowest BCUT2D eigenvalue weighted by Crippen LogP contribution is -2.35. The summed E-state index contributed by atoms with van der Waals surface area (Å²) in [6.07, 6.45) is 22.6. The number of hydrogen-bond donors (Lipinski definition) is 2. The molecule has 2 aromatic heterocycles. The Hall–Kier alpha value is -5.92. The van der Waals surface area contributed by atoms with Gasteiger partial charge >= 0.3 is 11.9 Å². The Labute approximate surface area is 433 Å².